The van der Waals surface area contributed by atoms with Crippen LogP contribution in [0, 0.1) is 0 Å². The van der Waals surface area contributed by atoms with E-state index in [0.29, 0.717) is 24.2 Å². The molecule has 0 bridgehead atoms. The van der Waals surface area contributed by atoms with Crippen LogP contribution in [0.4, 0.5) is 21.9 Å². The molecule has 1 spiro atoms. The number of anilines is 1. The van der Waals surface area contributed by atoms with Gasteiger partial charge in [-0.3, -0.25) is 14.5 Å². The molecule has 8 heteroatoms. The lowest BCUT2D eigenvalue weighted by Crippen LogP contribution is -2.42. The van der Waals surface area contributed by atoms with Crippen LogP contribution >= 0.6 is 0 Å². The van der Waals surface area contributed by atoms with Crippen molar-refractivity contribution in [3.8, 4) is 0 Å². The van der Waals surface area contributed by atoms with Crippen LogP contribution < -0.4 is 10.6 Å². The van der Waals surface area contributed by atoms with E-state index in [9.17, 15) is 14.4 Å². The minimum atomic E-state index is -1.07. The van der Waals surface area contributed by atoms with Gasteiger partial charge in [0.15, 0.2) is 0 Å². The number of carbonyl (C=O) groups is 3. The van der Waals surface area contributed by atoms with Gasteiger partial charge in [-0.05, 0) is 60.4 Å². The van der Waals surface area contributed by atoms with E-state index >= 15 is 0 Å². The van der Waals surface area contributed by atoms with Gasteiger partial charge in [-0.25, -0.2) is 4.79 Å². The summed E-state index contributed by atoms with van der Waals surface area (Å²) >= 11 is 0. The Balaban J connectivity index is 1.23. The second-order valence-electron chi connectivity index (χ2n) is 8.01. The number of amides is 4. The van der Waals surface area contributed by atoms with Crippen LogP contribution in [-0.4, -0.2) is 29.3 Å². The molecule has 5 rings (SSSR count). The average Bonchev–Trinajstić information content (AvgIpc) is 3.32. The van der Waals surface area contributed by atoms with Crippen LogP contribution in [0.5, 0.6) is 0 Å². The molecule has 1 atom stereocenters. The van der Waals surface area contributed by atoms with Crippen LogP contribution in [0.25, 0.3) is 0 Å². The molecule has 164 valence electrons. The number of azo groups is 1. The molecule has 33 heavy (non-hydrogen) atoms. The fourth-order valence-electron chi connectivity index (χ4n) is 4.30. The largest absolute Gasteiger partial charge is 0.325 e. The number of nitrogens with one attached hydrogen (secondary N) is 2. The summed E-state index contributed by atoms with van der Waals surface area (Å²) in [5.74, 6) is -0.843. The summed E-state index contributed by atoms with van der Waals surface area (Å²) in [6, 6.07) is 23.2. The van der Waals surface area contributed by atoms with Gasteiger partial charge < -0.3 is 10.6 Å². The van der Waals surface area contributed by atoms with E-state index in [1.807, 2.05) is 54.6 Å². The Morgan fingerprint density at radius 3 is 2.33 bits per heavy atom. The molecule has 0 saturated carbocycles. The minimum Gasteiger partial charge on any atom is -0.325 e. The summed E-state index contributed by atoms with van der Waals surface area (Å²) in [5.41, 5.74) is 2.69. The van der Waals surface area contributed by atoms with Gasteiger partial charge in [0, 0.05) is 5.69 Å². The highest BCUT2D eigenvalue weighted by Crippen LogP contribution is 2.41. The van der Waals surface area contributed by atoms with E-state index < -0.39 is 17.5 Å². The number of benzene rings is 3. The summed E-state index contributed by atoms with van der Waals surface area (Å²) in [5, 5.41) is 13.9. The number of carbonyl (C=O) groups excluding carboxylic acids is 3. The normalized spacial score (nSPS) is 19.2. The van der Waals surface area contributed by atoms with Crippen molar-refractivity contribution in [2.45, 2.75) is 18.4 Å². The summed E-state index contributed by atoms with van der Waals surface area (Å²) in [6.45, 7) is -0.357. The Morgan fingerprint density at radius 2 is 1.58 bits per heavy atom. The van der Waals surface area contributed by atoms with Crippen LogP contribution in [0.2, 0.25) is 0 Å². The summed E-state index contributed by atoms with van der Waals surface area (Å²) in [6.07, 6.45) is 1.20. The van der Waals surface area contributed by atoms with E-state index in [1.54, 1.807) is 24.3 Å². The molecule has 1 saturated heterocycles. The Labute approximate surface area is 190 Å². The Bertz CT molecular complexity index is 1260. The number of rotatable bonds is 5. The molecule has 1 fully saturated rings. The number of nitrogens with zero attached hydrogens (tertiary/aromatic N) is 3. The molecule has 3 aromatic rings. The van der Waals surface area contributed by atoms with Gasteiger partial charge in [-0.15, -0.1) is 0 Å². The zero-order valence-electron chi connectivity index (χ0n) is 17.7. The fourth-order valence-corrected chi connectivity index (χ4v) is 4.30. The third-order valence-corrected chi connectivity index (χ3v) is 5.91. The lowest BCUT2D eigenvalue weighted by Gasteiger charge is -2.22. The zero-order valence-corrected chi connectivity index (χ0v) is 17.7. The number of fused-ring (bicyclic) bond motifs is 2. The van der Waals surface area contributed by atoms with Crippen LogP contribution in [0.1, 0.15) is 17.5 Å². The molecular formula is C25H21N5O3. The number of hydrogen-bond acceptors (Lipinski definition) is 5. The molecular weight excluding hydrogens is 418 g/mol. The number of imide groups is 1. The van der Waals surface area contributed by atoms with E-state index in [2.05, 4.69) is 20.9 Å². The van der Waals surface area contributed by atoms with Crippen LogP contribution in [0.15, 0.2) is 89.1 Å². The predicted octanol–water partition coefficient (Wildman–Crippen LogP) is 4.43. The molecule has 4 amide bonds. The topological polar surface area (TPSA) is 103 Å². The second-order valence-corrected chi connectivity index (χ2v) is 8.01. The number of urea groups is 1. The molecule has 8 nitrogen and oxygen atoms in total. The van der Waals surface area contributed by atoms with Crippen LogP contribution in [-0.2, 0) is 21.5 Å². The Kier molecular flexibility index (Phi) is 5.18. The molecule has 1 aliphatic carbocycles. The standard InChI is InChI=1S/C25H21N5O3/c31-22(26-18-10-12-20(13-11-18)29-28-19-7-2-1-3-8-19)16-30-23(32)25(27-24(30)33)15-14-17-6-4-5-9-21(17)25/h1-13H,14-16H2,(H,26,31)(H,27,33). The molecule has 1 aliphatic heterocycles. The maximum Gasteiger partial charge on any atom is 0.325 e. The molecule has 1 unspecified atom stereocenters. The number of hydrogen-bond donors (Lipinski definition) is 2. The summed E-state index contributed by atoms with van der Waals surface area (Å²) in [7, 11) is 0. The highest BCUT2D eigenvalue weighted by Gasteiger charge is 2.55. The van der Waals surface area contributed by atoms with Crippen molar-refractivity contribution in [3.63, 3.8) is 0 Å². The van der Waals surface area contributed by atoms with Crippen molar-refractivity contribution < 1.29 is 14.4 Å². The van der Waals surface area contributed by atoms with E-state index in [0.717, 1.165) is 21.7 Å². The van der Waals surface area contributed by atoms with Gasteiger partial charge in [0.25, 0.3) is 5.91 Å². The minimum absolute atomic E-state index is 0.357. The van der Waals surface area contributed by atoms with Crippen molar-refractivity contribution in [1.29, 1.82) is 0 Å². The lowest BCUT2D eigenvalue weighted by molar-refractivity contribution is -0.134. The van der Waals surface area contributed by atoms with Crippen molar-refractivity contribution in [2.24, 2.45) is 10.2 Å². The van der Waals surface area contributed by atoms with Crippen molar-refractivity contribution in [3.05, 3.63) is 90.0 Å². The first-order chi connectivity index (χ1) is 16.0. The molecule has 0 radical (unpaired) electrons. The van der Waals surface area contributed by atoms with Gasteiger partial charge in [0.05, 0.1) is 11.4 Å². The first kappa shape index (κ1) is 20.6. The Hall–Kier alpha value is -4.33. The predicted molar refractivity (Wildman–Crippen MR) is 122 cm³/mol. The smallest absolute Gasteiger partial charge is 0.325 e. The molecule has 0 aromatic heterocycles. The van der Waals surface area contributed by atoms with Gasteiger partial charge >= 0.3 is 6.03 Å². The molecule has 1 heterocycles. The van der Waals surface area contributed by atoms with Crippen molar-refractivity contribution >= 4 is 34.9 Å². The van der Waals surface area contributed by atoms with Crippen LogP contribution in [0.3, 0.4) is 0 Å². The molecule has 3 aromatic carbocycles. The lowest BCUT2D eigenvalue weighted by atomic mass is 9.92. The van der Waals surface area contributed by atoms with E-state index in [4.69, 9.17) is 0 Å². The highest BCUT2D eigenvalue weighted by molar-refractivity contribution is 6.10. The fraction of sp³-hybridized carbons (Fsp3) is 0.160. The SMILES string of the molecule is O=C(CN1C(=O)NC2(CCc3ccccc32)C1=O)Nc1ccc(N=Nc2ccccc2)cc1. The monoisotopic (exact) mass is 439 g/mol. The molecule has 2 aliphatic rings. The highest BCUT2D eigenvalue weighted by atomic mass is 16.2. The van der Waals surface area contributed by atoms with Gasteiger partial charge in [-0.1, -0.05) is 42.5 Å². The summed E-state index contributed by atoms with van der Waals surface area (Å²) < 4.78 is 0. The zero-order chi connectivity index (χ0) is 22.8. The van der Waals surface area contributed by atoms with Crippen molar-refractivity contribution in [2.75, 3.05) is 11.9 Å². The number of aryl methyl sites for hydroxylation is 1. The maximum absolute atomic E-state index is 13.2. The third kappa shape index (κ3) is 3.87. The first-order valence-electron chi connectivity index (χ1n) is 10.6. The van der Waals surface area contributed by atoms with Gasteiger partial charge in [0.1, 0.15) is 12.1 Å². The quantitative estimate of drug-likeness (QED) is 0.454. The van der Waals surface area contributed by atoms with Gasteiger partial charge in [-0.2, -0.15) is 10.2 Å². The Morgan fingerprint density at radius 1 is 0.909 bits per heavy atom. The average molecular weight is 439 g/mol. The first-order valence-corrected chi connectivity index (χ1v) is 10.6. The second kappa shape index (κ2) is 8.31. The van der Waals surface area contributed by atoms with E-state index in [1.165, 1.54) is 0 Å². The van der Waals surface area contributed by atoms with E-state index in [-0.39, 0.29) is 12.5 Å². The van der Waals surface area contributed by atoms with Crippen molar-refractivity contribution in [1.82, 2.24) is 10.2 Å². The van der Waals surface area contributed by atoms with Gasteiger partial charge in [0.2, 0.25) is 5.91 Å². The third-order valence-electron chi connectivity index (χ3n) is 5.91. The maximum atomic E-state index is 13.2. The molecule has 2 N–H and O–H groups in total. The summed E-state index contributed by atoms with van der Waals surface area (Å²) in [4.78, 5) is 39.3.